The molecule has 3 N–H and O–H groups in total. The van der Waals surface area contributed by atoms with Crippen molar-refractivity contribution >= 4 is 17.6 Å². The molecule has 1 unspecified atom stereocenters. The molecule has 1 atom stereocenters. The highest BCUT2D eigenvalue weighted by atomic mass is 32.2. The van der Waals surface area contributed by atoms with Gasteiger partial charge in [-0.25, -0.2) is 0 Å². The van der Waals surface area contributed by atoms with Crippen LogP contribution in [0.5, 0.6) is 5.75 Å². The maximum absolute atomic E-state index is 8.69. The number of benzene rings is 1. The van der Waals surface area contributed by atoms with Crippen molar-refractivity contribution in [3.8, 4) is 5.75 Å². The van der Waals surface area contributed by atoms with E-state index in [1.165, 1.54) is 5.56 Å². The van der Waals surface area contributed by atoms with Gasteiger partial charge in [-0.1, -0.05) is 25.1 Å². The van der Waals surface area contributed by atoms with Crippen molar-refractivity contribution in [3.63, 3.8) is 0 Å². The smallest absolute Gasteiger partial charge is 0.173 e. The van der Waals surface area contributed by atoms with E-state index in [-0.39, 0.29) is 5.84 Å². The van der Waals surface area contributed by atoms with Crippen LogP contribution >= 0.6 is 11.8 Å². The van der Waals surface area contributed by atoms with E-state index < -0.39 is 0 Å². The molecule has 0 aliphatic rings. The number of nitrogens with zero attached hydrogens (tertiary/aromatic N) is 1. The molecule has 0 saturated carbocycles. The molecule has 1 rings (SSSR count). The Bertz CT molecular complexity index is 421. The first kappa shape index (κ1) is 14.7. The number of hydrogen-bond acceptors (Lipinski definition) is 4. The van der Waals surface area contributed by atoms with E-state index in [0.29, 0.717) is 16.6 Å². The normalized spacial score (nSPS) is 13.4. The summed E-state index contributed by atoms with van der Waals surface area (Å²) in [5, 5.41) is 12.3. The molecule has 0 amide bonds. The van der Waals surface area contributed by atoms with Gasteiger partial charge < -0.3 is 15.7 Å². The fourth-order valence-corrected chi connectivity index (χ4v) is 2.34. The first-order valence-corrected chi connectivity index (χ1v) is 6.93. The van der Waals surface area contributed by atoms with E-state index in [1.807, 2.05) is 30.0 Å². The summed E-state index contributed by atoms with van der Waals surface area (Å²) in [4.78, 5) is 0. The van der Waals surface area contributed by atoms with Crippen LogP contribution < -0.4 is 10.5 Å². The third-order valence-electron chi connectivity index (χ3n) is 2.76. The number of amidine groups is 1. The van der Waals surface area contributed by atoms with Crippen LogP contribution in [-0.2, 0) is 5.75 Å². The molecule has 4 nitrogen and oxygen atoms in total. The van der Waals surface area contributed by atoms with Gasteiger partial charge in [-0.2, -0.15) is 11.8 Å². The maximum Gasteiger partial charge on any atom is 0.173 e. The standard InChI is InChI=1S/C13H20N2O2S/c1-4-9(2)18-8-10-5-6-11(13(14)15-16)12(7-10)17-3/h5-7,9,16H,4,8H2,1-3H3,(H2,14,15). The van der Waals surface area contributed by atoms with Crippen LogP contribution in [0.1, 0.15) is 31.4 Å². The summed E-state index contributed by atoms with van der Waals surface area (Å²) in [6.45, 7) is 4.40. The lowest BCUT2D eigenvalue weighted by Gasteiger charge is -2.11. The minimum absolute atomic E-state index is 0.0629. The largest absolute Gasteiger partial charge is 0.496 e. The van der Waals surface area contributed by atoms with Gasteiger partial charge in [0.15, 0.2) is 5.84 Å². The zero-order valence-electron chi connectivity index (χ0n) is 11.0. The quantitative estimate of drug-likeness (QED) is 0.360. The Balaban J connectivity index is 2.85. The molecule has 1 aromatic rings. The third kappa shape index (κ3) is 3.84. The van der Waals surface area contributed by atoms with Crippen LogP contribution in [0.3, 0.4) is 0 Å². The van der Waals surface area contributed by atoms with Gasteiger partial charge in [-0.3, -0.25) is 0 Å². The highest BCUT2D eigenvalue weighted by molar-refractivity contribution is 7.99. The predicted octanol–water partition coefficient (Wildman–Crippen LogP) is 2.82. The van der Waals surface area contributed by atoms with Gasteiger partial charge in [0, 0.05) is 11.0 Å². The Morgan fingerprint density at radius 2 is 2.28 bits per heavy atom. The van der Waals surface area contributed by atoms with Crippen LogP contribution in [0.15, 0.2) is 23.4 Å². The SMILES string of the molecule is CCC(C)SCc1ccc(/C(N)=N/O)c(OC)c1. The second kappa shape index (κ2) is 7.16. The van der Waals surface area contributed by atoms with Gasteiger partial charge in [0.2, 0.25) is 0 Å². The summed E-state index contributed by atoms with van der Waals surface area (Å²) in [5.74, 6) is 1.63. The first-order chi connectivity index (χ1) is 8.62. The van der Waals surface area contributed by atoms with E-state index in [9.17, 15) is 0 Å². The summed E-state index contributed by atoms with van der Waals surface area (Å²) < 4.78 is 5.26. The van der Waals surface area contributed by atoms with Gasteiger partial charge in [-0.05, 0) is 24.1 Å². The molecule has 0 aliphatic carbocycles. The Hall–Kier alpha value is -1.36. The molecule has 0 heterocycles. The molecular formula is C13H20N2O2S. The van der Waals surface area contributed by atoms with E-state index >= 15 is 0 Å². The number of thioether (sulfide) groups is 1. The number of methoxy groups -OCH3 is 1. The van der Waals surface area contributed by atoms with Crippen LogP contribution in [0.2, 0.25) is 0 Å². The number of nitrogens with two attached hydrogens (primary N) is 1. The Labute approximate surface area is 112 Å². The number of hydrogen-bond donors (Lipinski definition) is 2. The third-order valence-corrected chi connectivity index (χ3v) is 4.16. The summed E-state index contributed by atoms with van der Waals surface area (Å²) in [7, 11) is 1.58. The minimum Gasteiger partial charge on any atom is -0.496 e. The van der Waals surface area contributed by atoms with Crippen molar-refractivity contribution in [2.75, 3.05) is 7.11 Å². The van der Waals surface area contributed by atoms with Crippen LogP contribution in [-0.4, -0.2) is 23.4 Å². The predicted molar refractivity (Wildman–Crippen MR) is 76.6 cm³/mol. The van der Waals surface area contributed by atoms with Crippen LogP contribution in [0.4, 0.5) is 0 Å². The second-order valence-corrected chi connectivity index (χ2v) is 5.48. The van der Waals surface area contributed by atoms with E-state index in [4.69, 9.17) is 15.7 Å². The van der Waals surface area contributed by atoms with Crippen LogP contribution in [0, 0.1) is 0 Å². The molecule has 0 fully saturated rings. The van der Waals surface area contributed by atoms with Crippen molar-refractivity contribution in [2.45, 2.75) is 31.3 Å². The zero-order valence-corrected chi connectivity index (χ0v) is 11.8. The maximum atomic E-state index is 8.69. The monoisotopic (exact) mass is 268 g/mol. The molecule has 18 heavy (non-hydrogen) atoms. The molecule has 0 aliphatic heterocycles. The van der Waals surface area contributed by atoms with Gasteiger partial charge in [0.05, 0.1) is 12.7 Å². The van der Waals surface area contributed by atoms with Crippen molar-refractivity contribution in [1.29, 1.82) is 0 Å². The molecule has 0 spiro atoms. The summed E-state index contributed by atoms with van der Waals surface area (Å²) in [6, 6.07) is 5.73. The van der Waals surface area contributed by atoms with E-state index in [0.717, 1.165) is 12.2 Å². The summed E-state index contributed by atoms with van der Waals surface area (Å²) in [6.07, 6.45) is 1.16. The fourth-order valence-electron chi connectivity index (χ4n) is 1.45. The molecule has 0 radical (unpaired) electrons. The molecule has 100 valence electrons. The lowest BCUT2D eigenvalue weighted by atomic mass is 10.1. The minimum atomic E-state index is 0.0629. The number of rotatable bonds is 6. The Morgan fingerprint density at radius 1 is 1.56 bits per heavy atom. The topological polar surface area (TPSA) is 67.8 Å². The number of ether oxygens (including phenoxy) is 1. The first-order valence-electron chi connectivity index (χ1n) is 5.88. The van der Waals surface area contributed by atoms with Gasteiger partial charge in [-0.15, -0.1) is 0 Å². The van der Waals surface area contributed by atoms with Crippen molar-refractivity contribution < 1.29 is 9.94 Å². The van der Waals surface area contributed by atoms with E-state index in [2.05, 4.69) is 19.0 Å². The summed E-state index contributed by atoms with van der Waals surface area (Å²) in [5.41, 5.74) is 7.36. The molecule has 5 heteroatoms. The zero-order chi connectivity index (χ0) is 13.5. The Morgan fingerprint density at radius 3 is 2.83 bits per heavy atom. The van der Waals surface area contributed by atoms with Gasteiger partial charge in [0.1, 0.15) is 5.75 Å². The summed E-state index contributed by atoms with van der Waals surface area (Å²) >= 11 is 1.90. The highest BCUT2D eigenvalue weighted by Crippen LogP contribution is 2.25. The van der Waals surface area contributed by atoms with Crippen LogP contribution in [0.25, 0.3) is 0 Å². The van der Waals surface area contributed by atoms with Crippen molar-refractivity contribution in [3.05, 3.63) is 29.3 Å². The van der Waals surface area contributed by atoms with E-state index in [1.54, 1.807) is 7.11 Å². The molecule has 0 bridgehead atoms. The van der Waals surface area contributed by atoms with Crippen molar-refractivity contribution in [2.24, 2.45) is 10.9 Å². The number of oxime groups is 1. The lowest BCUT2D eigenvalue weighted by molar-refractivity contribution is 0.318. The highest BCUT2D eigenvalue weighted by Gasteiger charge is 2.09. The van der Waals surface area contributed by atoms with Gasteiger partial charge >= 0.3 is 0 Å². The average molecular weight is 268 g/mol. The molecule has 0 aromatic heterocycles. The van der Waals surface area contributed by atoms with Crippen molar-refractivity contribution in [1.82, 2.24) is 0 Å². The van der Waals surface area contributed by atoms with Gasteiger partial charge in [0.25, 0.3) is 0 Å². The fraction of sp³-hybridized carbons (Fsp3) is 0.462. The Kier molecular flexibility index (Phi) is 5.85. The average Bonchev–Trinajstić information content (AvgIpc) is 2.43. The second-order valence-electron chi connectivity index (χ2n) is 4.05. The lowest BCUT2D eigenvalue weighted by Crippen LogP contribution is -2.14. The molecule has 0 saturated heterocycles. The molecule has 1 aromatic carbocycles. The molecular weight excluding hydrogens is 248 g/mol.